The first-order chi connectivity index (χ1) is 8.72. The van der Waals surface area contributed by atoms with Gasteiger partial charge in [0, 0.05) is 6.08 Å². The van der Waals surface area contributed by atoms with Crippen molar-refractivity contribution in [2.75, 3.05) is 7.11 Å². The molecule has 18 heavy (non-hydrogen) atoms. The zero-order chi connectivity index (χ0) is 13.0. The Kier molecular flexibility index (Phi) is 3.33. The van der Waals surface area contributed by atoms with Crippen molar-refractivity contribution in [1.29, 1.82) is 0 Å². The zero-order valence-electron chi connectivity index (χ0n) is 9.52. The number of nitrogens with zero attached hydrogens (tertiary/aromatic N) is 4. The number of hydrogen-bond donors (Lipinski definition) is 1. The summed E-state index contributed by atoms with van der Waals surface area (Å²) in [4.78, 5) is 10.5. The Bertz CT molecular complexity index is 591. The van der Waals surface area contributed by atoms with Crippen LogP contribution in [0.15, 0.2) is 30.3 Å². The maximum absolute atomic E-state index is 10.5. The first kappa shape index (κ1) is 11.8. The second kappa shape index (κ2) is 5.09. The number of carboxylic acid groups (broad SMARTS) is 1. The first-order valence-corrected chi connectivity index (χ1v) is 5.05. The Morgan fingerprint density at radius 3 is 2.94 bits per heavy atom. The van der Waals surface area contributed by atoms with Gasteiger partial charge in [-0.25, -0.2) is 4.79 Å². The number of aromatic nitrogens is 4. The van der Waals surface area contributed by atoms with Crippen molar-refractivity contribution in [2.45, 2.75) is 0 Å². The van der Waals surface area contributed by atoms with Crippen molar-refractivity contribution < 1.29 is 14.6 Å². The van der Waals surface area contributed by atoms with Crippen molar-refractivity contribution in [2.24, 2.45) is 0 Å². The van der Waals surface area contributed by atoms with Gasteiger partial charge in [-0.05, 0) is 28.6 Å². The molecule has 0 atom stereocenters. The molecule has 2 rings (SSSR count). The third kappa shape index (κ3) is 2.34. The largest absolute Gasteiger partial charge is 0.494 e. The monoisotopic (exact) mass is 246 g/mol. The SMILES string of the molecule is COc1ccccc1-n1nnnc1/C=C/C(=O)O. The van der Waals surface area contributed by atoms with Gasteiger partial charge in [-0.15, -0.1) is 5.10 Å². The van der Waals surface area contributed by atoms with E-state index in [0.717, 1.165) is 6.08 Å². The van der Waals surface area contributed by atoms with Crippen LogP contribution in [-0.4, -0.2) is 38.4 Å². The summed E-state index contributed by atoms with van der Waals surface area (Å²) in [6.07, 6.45) is 2.28. The molecule has 1 aromatic carbocycles. The number of aliphatic carboxylic acids is 1. The molecule has 0 bridgehead atoms. The van der Waals surface area contributed by atoms with Crippen LogP contribution in [0.3, 0.4) is 0 Å². The lowest BCUT2D eigenvalue weighted by molar-refractivity contribution is -0.131. The molecule has 1 heterocycles. The molecule has 2 aromatic rings. The van der Waals surface area contributed by atoms with Gasteiger partial charge in [0.05, 0.1) is 7.11 Å². The number of rotatable bonds is 4. The molecule has 0 aliphatic carbocycles. The lowest BCUT2D eigenvalue weighted by Gasteiger charge is -2.07. The van der Waals surface area contributed by atoms with Crippen LogP contribution in [-0.2, 0) is 4.79 Å². The molecule has 92 valence electrons. The number of tetrazole rings is 1. The Morgan fingerprint density at radius 2 is 2.22 bits per heavy atom. The van der Waals surface area contributed by atoms with Crippen molar-refractivity contribution in [3.8, 4) is 11.4 Å². The van der Waals surface area contributed by atoms with E-state index < -0.39 is 5.97 Å². The van der Waals surface area contributed by atoms with Crippen LogP contribution in [0.4, 0.5) is 0 Å². The van der Waals surface area contributed by atoms with Crippen LogP contribution in [0.5, 0.6) is 5.75 Å². The fraction of sp³-hybridized carbons (Fsp3) is 0.0909. The quantitative estimate of drug-likeness (QED) is 0.801. The lowest BCUT2D eigenvalue weighted by Crippen LogP contribution is -2.02. The minimum Gasteiger partial charge on any atom is -0.494 e. The number of benzene rings is 1. The van der Waals surface area contributed by atoms with Crippen LogP contribution >= 0.6 is 0 Å². The number of ether oxygens (including phenoxy) is 1. The molecule has 0 saturated heterocycles. The van der Waals surface area contributed by atoms with E-state index >= 15 is 0 Å². The predicted octanol–water partition coefficient (Wildman–Crippen LogP) is 0.769. The van der Waals surface area contributed by atoms with Gasteiger partial charge in [0.1, 0.15) is 11.4 Å². The van der Waals surface area contributed by atoms with E-state index in [9.17, 15) is 4.79 Å². The van der Waals surface area contributed by atoms with E-state index in [4.69, 9.17) is 9.84 Å². The fourth-order valence-corrected chi connectivity index (χ4v) is 1.42. The van der Waals surface area contributed by atoms with Gasteiger partial charge in [-0.2, -0.15) is 4.68 Å². The Labute approximate surface area is 102 Å². The molecule has 1 aromatic heterocycles. The van der Waals surface area contributed by atoms with E-state index in [2.05, 4.69) is 15.5 Å². The first-order valence-electron chi connectivity index (χ1n) is 5.05. The van der Waals surface area contributed by atoms with E-state index in [1.54, 1.807) is 12.1 Å². The maximum atomic E-state index is 10.5. The fourth-order valence-electron chi connectivity index (χ4n) is 1.42. The molecule has 7 nitrogen and oxygen atoms in total. The van der Waals surface area contributed by atoms with Crippen LogP contribution < -0.4 is 4.74 Å². The number of carboxylic acids is 1. The van der Waals surface area contributed by atoms with Gasteiger partial charge in [0.25, 0.3) is 0 Å². The Hall–Kier alpha value is -2.70. The minimum absolute atomic E-state index is 0.307. The highest BCUT2D eigenvalue weighted by atomic mass is 16.5. The molecule has 0 unspecified atom stereocenters. The summed E-state index contributed by atoms with van der Waals surface area (Å²) in [6, 6.07) is 7.17. The van der Waals surface area contributed by atoms with Gasteiger partial charge < -0.3 is 9.84 Å². The molecular weight excluding hydrogens is 236 g/mol. The van der Waals surface area contributed by atoms with Gasteiger partial charge in [-0.3, -0.25) is 0 Å². The van der Waals surface area contributed by atoms with E-state index in [-0.39, 0.29) is 0 Å². The van der Waals surface area contributed by atoms with E-state index in [0.29, 0.717) is 17.3 Å². The summed E-state index contributed by atoms with van der Waals surface area (Å²) < 4.78 is 6.59. The lowest BCUT2D eigenvalue weighted by atomic mass is 10.3. The smallest absolute Gasteiger partial charge is 0.328 e. The standard InChI is InChI=1S/C11H10N4O3/c1-18-9-5-3-2-4-8(9)15-10(12-13-14-15)6-7-11(16)17/h2-7H,1H3,(H,16,17)/b7-6+. The molecule has 0 amide bonds. The van der Waals surface area contributed by atoms with Gasteiger partial charge in [-0.1, -0.05) is 12.1 Å². The molecule has 0 saturated carbocycles. The Morgan fingerprint density at radius 1 is 1.44 bits per heavy atom. The van der Waals surface area contributed by atoms with Crippen LogP contribution in [0, 0.1) is 0 Å². The third-order valence-electron chi connectivity index (χ3n) is 2.18. The number of methoxy groups -OCH3 is 1. The summed E-state index contributed by atoms with van der Waals surface area (Å²) >= 11 is 0. The normalized spacial score (nSPS) is 10.7. The highest BCUT2D eigenvalue weighted by Crippen LogP contribution is 2.21. The van der Waals surface area contributed by atoms with Gasteiger partial charge >= 0.3 is 5.97 Å². The van der Waals surface area contributed by atoms with E-state index in [1.807, 2.05) is 12.1 Å². The maximum Gasteiger partial charge on any atom is 0.328 e. The van der Waals surface area contributed by atoms with Crippen molar-refractivity contribution in [1.82, 2.24) is 20.2 Å². The average molecular weight is 246 g/mol. The van der Waals surface area contributed by atoms with Crippen LogP contribution in [0.2, 0.25) is 0 Å². The summed E-state index contributed by atoms with van der Waals surface area (Å²) in [5.74, 6) is -0.166. The number of carbonyl (C=O) groups is 1. The minimum atomic E-state index is -1.07. The molecule has 0 fully saturated rings. The summed E-state index contributed by atoms with van der Waals surface area (Å²) in [5.41, 5.74) is 0.634. The van der Waals surface area contributed by atoms with E-state index in [1.165, 1.54) is 17.9 Å². The second-order valence-electron chi connectivity index (χ2n) is 3.29. The molecule has 0 aliphatic heterocycles. The highest BCUT2D eigenvalue weighted by Gasteiger charge is 2.10. The molecule has 0 aliphatic rings. The molecular formula is C11H10N4O3. The summed E-state index contributed by atoms with van der Waals surface area (Å²) in [6.45, 7) is 0. The van der Waals surface area contributed by atoms with Crippen LogP contribution in [0.1, 0.15) is 5.82 Å². The molecule has 0 radical (unpaired) electrons. The van der Waals surface area contributed by atoms with Gasteiger partial charge in [0.2, 0.25) is 0 Å². The summed E-state index contributed by atoms with van der Waals surface area (Å²) in [5, 5.41) is 19.6. The summed E-state index contributed by atoms with van der Waals surface area (Å²) in [7, 11) is 1.54. The highest BCUT2D eigenvalue weighted by molar-refractivity contribution is 5.84. The zero-order valence-corrected chi connectivity index (χ0v) is 9.52. The second-order valence-corrected chi connectivity index (χ2v) is 3.29. The predicted molar refractivity (Wildman–Crippen MR) is 62.4 cm³/mol. The van der Waals surface area contributed by atoms with Crippen molar-refractivity contribution >= 4 is 12.0 Å². The topological polar surface area (TPSA) is 90.1 Å². The Balaban J connectivity index is 2.45. The van der Waals surface area contributed by atoms with Gasteiger partial charge in [0.15, 0.2) is 5.82 Å². The number of hydrogen-bond acceptors (Lipinski definition) is 5. The molecule has 1 N–H and O–H groups in total. The molecule has 7 heteroatoms. The van der Waals surface area contributed by atoms with Crippen molar-refractivity contribution in [3.05, 3.63) is 36.2 Å². The molecule has 0 spiro atoms. The number of para-hydroxylation sites is 2. The van der Waals surface area contributed by atoms with Crippen molar-refractivity contribution in [3.63, 3.8) is 0 Å². The van der Waals surface area contributed by atoms with Crippen LogP contribution in [0.25, 0.3) is 11.8 Å². The third-order valence-corrected chi connectivity index (χ3v) is 2.18. The average Bonchev–Trinajstić information content (AvgIpc) is 2.84.